The van der Waals surface area contributed by atoms with Gasteiger partial charge in [-0.1, -0.05) is 41.1 Å². The highest BCUT2D eigenvalue weighted by atomic mass is 16.6. The monoisotopic (exact) mass is 244 g/mol. The maximum atomic E-state index is 10.8. The molecular formula is C13H12N2O3. The number of rotatable bonds is 3. The number of hydrogen-bond acceptors (Lipinski definition) is 4. The van der Waals surface area contributed by atoms with E-state index in [1.165, 1.54) is 6.92 Å². The standard InChI is InChI=1S/C13H12N2O3/c1-9-3-5-11(6-4-9)7-8-12-13(15(16)17)10(2)18-14-12/h3-8H,1-2H3. The maximum absolute atomic E-state index is 10.8. The number of hydrogen-bond donors (Lipinski definition) is 0. The molecule has 0 atom stereocenters. The second kappa shape index (κ2) is 4.83. The first-order valence-electron chi connectivity index (χ1n) is 5.43. The Morgan fingerprint density at radius 3 is 2.50 bits per heavy atom. The summed E-state index contributed by atoms with van der Waals surface area (Å²) in [5.41, 5.74) is 2.27. The minimum Gasteiger partial charge on any atom is -0.354 e. The fourth-order valence-electron chi connectivity index (χ4n) is 1.57. The van der Waals surface area contributed by atoms with Crippen LogP contribution in [0.3, 0.4) is 0 Å². The molecule has 2 rings (SSSR count). The molecule has 0 fully saturated rings. The van der Waals surface area contributed by atoms with Gasteiger partial charge in [0, 0.05) is 6.92 Å². The van der Waals surface area contributed by atoms with Gasteiger partial charge in [-0.3, -0.25) is 10.1 Å². The average molecular weight is 244 g/mol. The first-order chi connectivity index (χ1) is 8.58. The molecule has 18 heavy (non-hydrogen) atoms. The molecule has 5 nitrogen and oxygen atoms in total. The summed E-state index contributed by atoms with van der Waals surface area (Å²) >= 11 is 0. The van der Waals surface area contributed by atoms with E-state index in [0.29, 0.717) is 0 Å². The molecule has 0 amide bonds. The van der Waals surface area contributed by atoms with E-state index in [9.17, 15) is 10.1 Å². The van der Waals surface area contributed by atoms with Crippen LogP contribution in [0.5, 0.6) is 0 Å². The van der Waals surface area contributed by atoms with Crippen molar-refractivity contribution in [2.24, 2.45) is 0 Å². The van der Waals surface area contributed by atoms with E-state index in [1.54, 1.807) is 12.2 Å². The van der Waals surface area contributed by atoms with Crippen LogP contribution in [-0.2, 0) is 0 Å². The van der Waals surface area contributed by atoms with E-state index in [0.717, 1.165) is 11.1 Å². The van der Waals surface area contributed by atoms with Crippen LogP contribution in [0, 0.1) is 24.0 Å². The van der Waals surface area contributed by atoms with Crippen LogP contribution >= 0.6 is 0 Å². The van der Waals surface area contributed by atoms with E-state index in [2.05, 4.69) is 5.16 Å². The number of aromatic nitrogens is 1. The molecule has 0 saturated heterocycles. The SMILES string of the molecule is Cc1ccc(C=Cc2noc(C)c2[N+](=O)[O-])cc1. The van der Waals surface area contributed by atoms with Crippen molar-refractivity contribution < 1.29 is 9.45 Å². The summed E-state index contributed by atoms with van der Waals surface area (Å²) in [6.45, 7) is 3.52. The molecule has 0 radical (unpaired) electrons. The predicted molar refractivity (Wildman–Crippen MR) is 68.0 cm³/mol. The fraction of sp³-hybridized carbons (Fsp3) is 0.154. The van der Waals surface area contributed by atoms with Crippen molar-refractivity contribution in [3.05, 3.63) is 57.0 Å². The first kappa shape index (κ1) is 12.0. The van der Waals surface area contributed by atoms with Gasteiger partial charge < -0.3 is 4.52 Å². The molecule has 1 heterocycles. The summed E-state index contributed by atoms with van der Waals surface area (Å²) < 4.78 is 4.82. The molecule has 0 spiro atoms. The number of nitrogens with zero attached hydrogens (tertiary/aromatic N) is 2. The van der Waals surface area contributed by atoms with Crippen LogP contribution in [0.2, 0.25) is 0 Å². The Kier molecular flexibility index (Phi) is 3.23. The van der Waals surface area contributed by atoms with Gasteiger partial charge in [0.25, 0.3) is 0 Å². The minimum absolute atomic E-state index is 0.0849. The number of benzene rings is 1. The van der Waals surface area contributed by atoms with Crippen molar-refractivity contribution in [1.82, 2.24) is 5.16 Å². The number of nitro groups is 1. The molecule has 92 valence electrons. The van der Waals surface area contributed by atoms with Crippen molar-refractivity contribution in [2.75, 3.05) is 0 Å². The summed E-state index contributed by atoms with van der Waals surface area (Å²) in [5.74, 6) is 0.212. The Balaban J connectivity index is 2.29. The summed E-state index contributed by atoms with van der Waals surface area (Å²) in [5, 5.41) is 14.5. The van der Waals surface area contributed by atoms with E-state index >= 15 is 0 Å². The van der Waals surface area contributed by atoms with E-state index in [1.807, 2.05) is 31.2 Å². The molecule has 2 aromatic rings. The predicted octanol–water partition coefficient (Wildman–Crippen LogP) is 3.37. The van der Waals surface area contributed by atoms with Crippen molar-refractivity contribution in [3.8, 4) is 0 Å². The highest BCUT2D eigenvalue weighted by Gasteiger charge is 2.21. The fourth-order valence-corrected chi connectivity index (χ4v) is 1.57. The van der Waals surface area contributed by atoms with E-state index < -0.39 is 4.92 Å². The van der Waals surface area contributed by atoms with Crippen LogP contribution in [0.15, 0.2) is 28.8 Å². The lowest BCUT2D eigenvalue weighted by Gasteiger charge is -1.93. The maximum Gasteiger partial charge on any atom is 0.338 e. The van der Waals surface area contributed by atoms with Gasteiger partial charge in [0.05, 0.1) is 4.92 Å². The van der Waals surface area contributed by atoms with Crippen LogP contribution in [0.25, 0.3) is 12.2 Å². The van der Waals surface area contributed by atoms with Crippen molar-refractivity contribution in [2.45, 2.75) is 13.8 Å². The summed E-state index contributed by atoms with van der Waals surface area (Å²) in [7, 11) is 0. The molecule has 0 saturated carbocycles. The van der Waals surface area contributed by atoms with Crippen LogP contribution in [-0.4, -0.2) is 10.1 Å². The second-order valence-electron chi connectivity index (χ2n) is 3.97. The number of aryl methyl sites for hydroxylation is 2. The van der Waals surface area contributed by atoms with Crippen molar-refractivity contribution in [3.63, 3.8) is 0 Å². The summed E-state index contributed by atoms with van der Waals surface area (Å²) in [4.78, 5) is 10.3. The van der Waals surface area contributed by atoms with E-state index in [-0.39, 0.29) is 17.1 Å². The van der Waals surface area contributed by atoms with Crippen molar-refractivity contribution in [1.29, 1.82) is 0 Å². The molecule has 0 aliphatic heterocycles. The molecule has 0 bridgehead atoms. The first-order valence-corrected chi connectivity index (χ1v) is 5.43. The zero-order valence-corrected chi connectivity index (χ0v) is 10.1. The highest BCUT2D eigenvalue weighted by Crippen LogP contribution is 2.24. The Labute approximate surface area is 104 Å². The van der Waals surface area contributed by atoms with Gasteiger partial charge in [0.2, 0.25) is 5.76 Å². The van der Waals surface area contributed by atoms with Gasteiger partial charge in [-0.15, -0.1) is 0 Å². The van der Waals surface area contributed by atoms with Gasteiger partial charge in [0.1, 0.15) is 0 Å². The van der Waals surface area contributed by atoms with Crippen LogP contribution in [0.1, 0.15) is 22.6 Å². The summed E-state index contributed by atoms with van der Waals surface area (Å²) in [6.07, 6.45) is 3.35. The lowest BCUT2D eigenvalue weighted by atomic mass is 10.1. The second-order valence-corrected chi connectivity index (χ2v) is 3.97. The van der Waals surface area contributed by atoms with Gasteiger partial charge in [-0.25, -0.2) is 0 Å². The Morgan fingerprint density at radius 1 is 1.22 bits per heavy atom. The van der Waals surface area contributed by atoms with Gasteiger partial charge in [-0.2, -0.15) is 0 Å². The Hall–Kier alpha value is -2.43. The third kappa shape index (κ3) is 2.45. The molecule has 1 aromatic heterocycles. The molecule has 0 N–H and O–H groups in total. The zero-order valence-electron chi connectivity index (χ0n) is 10.1. The Morgan fingerprint density at radius 2 is 1.89 bits per heavy atom. The smallest absolute Gasteiger partial charge is 0.338 e. The quantitative estimate of drug-likeness (QED) is 0.613. The van der Waals surface area contributed by atoms with Crippen LogP contribution in [0.4, 0.5) is 5.69 Å². The topological polar surface area (TPSA) is 69.2 Å². The lowest BCUT2D eigenvalue weighted by Crippen LogP contribution is -1.90. The lowest BCUT2D eigenvalue weighted by molar-refractivity contribution is -0.386. The zero-order chi connectivity index (χ0) is 13.1. The molecule has 0 aliphatic rings. The van der Waals surface area contributed by atoms with Gasteiger partial charge in [0.15, 0.2) is 5.69 Å². The van der Waals surface area contributed by atoms with Gasteiger partial charge in [-0.05, 0) is 18.6 Å². The highest BCUT2D eigenvalue weighted by molar-refractivity contribution is 5.72. The summed E-state index contributed by atoms with van der Waals surface area (Å²) in [6, 6.07) is 7.82. The average Bonchev–Trinajstić information content (AvgIpc) is 2.70. The molecule has 0 aliphatic carbocycles. The molecular weight excluding hydrogens is 232 g/mol. The van der Waals surface area contributed by atoms with E-state index in [4.69, 9.17) is 4.52 Å². The van der Waals surface area contributed by atoms with Gasteiger partial charge >= 0.3 is 5.69 Å². The third-order valence-electron chi connectivity index (χ3n) is 2.55. The Bertz CT molecular complexity index is 597. The largest absolute Gasteiger partial charge is 0.354 e. The third-order valence-corrected chi connectivity index (χ3v) is 2.55. The van der Waals surface area contributed by atoms with Crippen LogP contribution < -0.4 is 0 Å². The normalized spacial score (nSPS) is 11.0. The minimum atomic E-state index is -0.485. The molecule has 0 unspecified atom stereocenters. The molecule has 5 heteroatoms. The van der Waals surface area contributed by atoms with Crippen molar-refractivity contribution >= 4 is 17.8 Å². The molecule has 1 aromatic carbocycles.